The molecule has 0 fully saturated rings. The standard InChI is InChI=1S/C8H15N3O2/c1-6(5-12-3)9-4-8-7(2)10-13-11-8/h6,9H,4-5H2,1-3H3. The third-order valence-corrected chi connectivity index (χ3v) is 1.78. The summed E-state index contributed by atoms with van der Waals surface area (Å²) < 4.78 is 9.55. The molecule has 0 aliphatic heterocycles. The van der Waals surface area contributed by atoms with E-state index in [1.165, 1.54) is 0 Å². The Bertz CT molecular complexity index is 249. The average molecular weight is 185 g/mol. The molecule has 74 valence electrons. The van der Waals surface area contributed by atoms with Gasteiger partial charge in [-0.1, -0.05) is 10.3 Å². The molecule has 0 saturated heterocycles. The Morgan fingerprint density at radius 2 is 2.31 bits per heavy atom. The van der Waals surface area contributed by atoms with Crippen molar-refractivity contribution < 1.29 is 9.37 Å². The number of nitrogens with one attached hydrogen (secondary N) is 1. The van der Waals surface area contributed by atoms with Crippen LogP contribution in [0.4, 0.5) is 0 Å². The number of hydrogen-bond acceptors (Lipinski definition) is 5. The van der Waals surface area contributed by atoms with Crippen molar-refractivity contribution in [2.24, 2.45) is 0 Å². The van der Waals surface area contributed by atoms with Crippen molar-refractivity contribution in [2.45, 2.75) is 26.4 Å². The molecule has 1 unspecified atom stereocenters. The van der Waals surface area contributed by atoms with E-state index in [9.17, 15) is 0 Å². The Morgan fingerprint density at radius 3 is 2.85 bits per heavy atom. The van der Waals surface area contributed by atoms with Crippen molar-refractivity contribution in [1.29, 1.82) is 0 Å². The number of nitrogens with zero attached hydrogens (tertiary/aromatic N) is 2. The van der Waals surface area contributed by atoms with Crippen molar-refractivity contribution in [2.75, 3.05) is 13.7 Å². The summed E-state index contributed by atoms with van der Waals surface area (Å²) in [4.78, 5) is 0. The van der Waals surface area contributed by atoms with Crippen LogP contribution < -0.4 is 5.32 Å². The average Bonchev–Trinajstić information content (AvgIpc) is 2.48. The SMILES string of the molecule is COCC(C)NCc1nonc1C. The first-order valence-corrected chi connectivity index (χ1v) is 4.24. The van der Waals surface area contributed by atoms with Gasteiger partial charge in [0.15, 0.2) is 0 Å². The molecule has 0 radical (unpaired) electrons. The smallest absolute Gasteiger partial charge is 0.121 e. The van der Waals surface area contributed by atoms with Gasteiger partial charge in [-0.3, -0.25) is 0 Å². The molecule has 5 nitrogen and oxygen atoms in total. The Kier molecular flexibility index (Phi) is 3.85. The number of methoxy groups -OCH3 is 1. The Hall–Kier alpha value is -0.940. The Morgan fingerprint density at radius 1 is 1.54 bits per heavy atom. The van der Waals surface area contributed by atoms with Gasteiger partial charge in [-0.25, -0.2) is 4.63 Å². The molecule has 1 aromatic heterocycles. The number of ether oxygens (including phenoxy) is 1. The lowest BCUT2D eigenvalue weighted by molar-refractivity contribution is 0.171. The Balaban J connectivity index is 2.30. The van der Waals surface area contributed by atoms with Crippen molar-refractivity contribution in [3.63, 3.8) is 0 Å². The second-order valence-corrected chi connectivity index (χ2v) is 3.03. The molecule has 1 aromatic rings. The summed E-state index contributed by atoms with van der Waals surface area (Å²) in [6.07, 6.45) is 0. The van der Waals surface area contributed by atoms with E-state index in [1.54, 1.807) is 7.11 Å². The van der Waals surface area contributed by atoms with E-state index < -0.39 is 0 Å². The fourth-order valence-corrected chi connectivity index (χ4v) is 0.990. The Labute approximate surface area is 77.4 Å². The van der Waals surface area contributed by atoms with Gasteiger partial charge in [-0.2, -0.15) is 0 Å². The second-order valence-electron chi connectivity index (χ2n) is 3.03. The van der Waals surface area contributed by atoms with E-state index in [1.807, 2.05) is 13.8 Å². The number of aromatic nitrogens is 2. The van der Waals surface area contributed by atoms with Crippen LogP contribution in [0.2, 0.25) is 0 Å². The van der Waals surface area contributed by atoms with Crippen LogP contribution in [0.25, 0.3) is 0 Å². The minimum absolute atomic E-state index is 0.307. The minimum atomic E-state index is 0.307. The van der Waals surface area contributed by atoms with E-state index in [4.69, 9.17) is 4.74 Å². The first kappa shape index (κ1) is 10.1. The lowest BCUT2D eigenvalue weighted by atomic mass is 10.3. The van der Waals surface area contributed by atoms with Gasteiger partial charge in [0.05, 0.1) is 6.61 Å². The molecule has 13 heavy (non-hydrogen) atoms. The molecular formula is C8H15N3O2. The first-order chi connectivity index (χ1) is 6.24. The van der Waals surface area contributed by atoms with Crippen molar-refractivity contribution in [1.82, 2.24) is 15.6 Å². The summed E-state index contributed by atoms with van der Waals surface area (Å²) in [6, 6.07) is 0.307. The minimum Gasteiger partial charge on any atom is -0.383 e. The highest BCUT2D eigenvalue weighted by atomic mass is 16.6. The van der Waals surface area contributed by atoms with Gasteiger partial charge >= 0.3 is 0 Å². The molecule has 0 aliphatic carbocycles. The molecule has 1 heterocycles. The zero-order valence-corrected chi connectivity index (χ0v) is 8.20. The molecule has 1 atom stereocenters. The normalized spacial score (nSPS) is 13.2. The predicted molar refractivity (Wildman–Crippen MR) is 47.2 cm³/mol. The van der Waals surface area contributed by atoms with E-state index in [2.05, 4.69) is 20.3 Å². The zero-order chi connectivity index (χ0) is 9.68. The zero-order valence-electron chi connectivity index (χ0n) is 8.20. The molecule has 1 N–H and O–H groups in total. The third-order valence-electron chi connectivity index (χ3n) is 1.78. The van der Waals surface area contributed by atoms with Crippen LogP contribution >= 0.6 is 0 Å². The maximum atomic E-state index is 4.98. The van der Waals surface area contributed by atoms with Crippen LogP contribution in [0.15, 0.2) is 4.63 Å². The predicted octanol–water partition coefficient (Wildman–Crippen LogP) is 0.503. The van der Waals surface area contributed by atoms with Gasteiger partial charge in [0.1, 0.15) is 11.4 Å². The summed E-state index contributed by atoms with van der Waals surface area (Å²) in [7, 11) is 1.68. The molecule has 0 aliphatic rings. The number of aryl methyl sites for hydroxylation is 1. The van der Waals surface area contributed by atoms with Crippen LogP contribution in [0.3, 0.4) is 0 Å². The largest absolute Gasteiger partial charge is 0.383 e. The molecule has 5 heteroatoms. The second kappa shape index (κ2) is 4.94. The quantitative estimate of drug-likeness (QED) is 0.724. The molecular weight excluding hydrogens is 170 g/mol. The van der Waals surface area contributed by atoms with Crippen LogP contribution in [0.5, 0.6) is 0 Å². The molecule has 0 spiro atoms. The molecule has 1 rings (SSSR count). The molecule has 0 amide bonds. The van der Waals surface area contributed by atoms with Gasteiger partial charge < -0.3 is 10.1 Å². The van der Waals surface area contributed by atoms with Gasteiger partial charge in [-0.05, 0) is 13.8 Å². The van der Waals surface area contributed by atoms with Gasteiger partial charge in [0.2, 0.25) is 0 Å². The molecule has 0 aromatic carbocycles. The van der Waals surface area contributed by atoms with Crippen LogP contribution in [-0.4, -0.2) is 30.1 Å². The first-order valence-electron chi connectivity index (χ1n) is 4.24. The highest BCUT2D eigenvalue weighted by Crippen LogP contribution is 1.99. The van der Waals surface area contributed by atoms with Crippen molar-refractivity contribution in [3.8, 4) is 0 Å². The third kappa shape index (κ3) is 3.12. The van der Waals surface area contributed by atoms with E-state index in [0.717, 1.165) is 11.4 Å². The lowest BCUT2D eigenvalue weighted by Crippen LogP contribution is -2.29. The highest BCUT2D eigenvalue weighted by molar-refractivity contribution is 5.03. The van der Waals surface area contributed by atoms with Gasteiger partial charge in [0.25, 0.3) is 0 Å². The summed E-state index contributed by atoms with van der Waals surface area (Å²) in [5.74, 6) is 0. The summed E-state index contributed by atoms with van der Waals surface area (Å²) in [5, 5.41) is 10.7. The van der Waals surface area contributed by atoms with Crippen LogP contribution in [0, 0.1) is 6.92 Å². The summed E-state index contributed by atoms with van der Waals surface area (Å²) >= 11 is 0. The van der Waals surface area contributed by atoms with E-state index >= 15 is 0 Å². The van der Waals surface area contributed by atoms with Crippen molar-refractivity contribution in [3.05, 3.63) is 11.4 Å². The number of rotatable bonds is 5. The maximum Gasteiger partial charge on any atom is 0.121 e. The van der Waals surface area contributed by atoms with Crippen molar-refractivity contribution >= 4 is 0 Å². The van der Waals surface area contributed by atoms with Crippen LogP contribution in [-0.2, 0) is 11.3 Å². The van der Waals surface area contributed by atoms with Crippen LogP contribution in [0.1, 0.15) is 18.3 Å². The summed E-state index contributed by atoms with van der Waals surface area (Å²) in [6.45, 7) is 5.27. The maximum absolute atomic E-state index is 4.98. The van der Waals surface area contributed by atoms with Gasteiger partial charge in [-0.15, -0.1) is 0 Å². The monoisotopic (exact) mass is 185 g/mol. The highest BCUT2D eigenvalue weighted by Gasteiger charge is 2.06. The summed E-state index contributed by atoms with van der Waals surface area (Å²) in [5.41, 5.74) is 1.68. The fraction of sp³-hybridized carbons (Fsp3) is 0.750. The van der Waals surface area contributed by atoms with E-state index in [0.29, 0.717) is 19.2 Å². The lowest BCUT2D eigenvalue weighted by Gasteiger charge is -2.10. The fourth-order valence-electron chi connectivity index (χ4n) is 0.990. The topological polar surface area (TPSA) is 60.2 Å². The number of hydrogen-bond donors (Lipinski definition) is 1. The van der Waals surface area contributed by atoms with E-state index in [-0.39, 0.29) is 0 Å². The van der Waals surface area contributed by atoms with Gasteiger partial charge in [0, 0.05) is 19.7 Å². The molecule has 0 saturated carbocycles. The molecule has 0 bridgehead atoms.